The number of hydrogen-bond acceptors (Lipinski definition) is 5. The number of aliphatic hydroxyl groups is 1. The molecule has 32 heavy (non-hydrogen) atoms. The number of rotatable bonds is 8. The minimum absolute atomic E-state index is 0.0340. The van der Waals surface area contributed by atoms with Crippen LogP contribution in [0.3, 0.4) is 0 Å². The normalized spacial score (nSPS) is 17.8. The summed E-state index contributed by atoms with van der Waals surface area (Å²) in [6, 6.07) is 9.80. The van der Waals surface area contributed by atoms with Crippen molar-refractivity contribution in [2.75, 3.05) is 27.4 Å². The number of carbonyl (C=O) groups is 2. The Labute approximate surface area is 197 Å². The molecule has 1 N–H and O–H groups in total. The fraction of sp³-hybridized carbons (Fsp3) is 0.333. The molecular weight excluding hydrogens is 453 g/mol. The van der Waals surface area contributed by atoms with Gasteiger partial charge in [-0.1, -0.05) is 54.4 Å². The van der Waals surface area contributed by atoms with Crippen LogP contribution in [0.5, 0.6) is 5.75 Å². The molecule has 2 aromatic carbocycles. The van der Waals surface area contributed by atoms with E-state index in [-0.39, 0.29) is 32.7 Å². The molecule has 2 aromatic rings. The molecule has 3 rings (SSSR count). The molecule has 1 aliphatic rings. The van der Waals surface area contributed by atoms with Crippen LogP contribution in [0.25, 0.3) is 5.76 Å². The molecule has 0 radical (unpaired) electrons. The molecule has 1 heterocycles. The summed E-state index contributed by atoms with van der Waals surface area (Å²) in [6.45, 7) is 2.77. The highest BCUT2D eigenvalue weighted by atomic mass is 35.5. The van der Waals surface area contributed by atoms with Gasteiger partial charge in [0.1, 0.15) is 11.5 Å². The van der Waals surface area contributed by atoms with Crippen LogP contribution in [-0.4, -0.2) is 49.1 Å². The van der Waals surface area contributed by atoms with Gasteiger partial charge in [-0.2, -0.15) is 0 Å². The number of Topliss-reactive ketones (excluding diaryl/α,β-unsaturated/α-hetero) is 1. The summed E-state index contributed by atoms with van der Waals surface area (Å²) in [5.74, 6) is -1.68. The van der Waals surface area contributed by atoms with Crippen molar-refractivity contribution in [1.82, 2.24) is 4.90 Å². The number of carbonyl (C=O) groups excluding carboxylic acids is 2. The zero-order valence-electron chi connectivity index (χ0n) is 18.2. The van der Waals surface area contributed by atoms with Crippen LogP contribution in [0, 0.1) is 0 Å². The first-order valence-electron chi connectivity index (χ1n) is 10.2. The van der Waals surface area contributed by atoms with Gasteiger partial charge < -0.3 is 19.5 Å². The van der Waals surface area contributed by atoms with Crippen molar-refractivity contribution >= 4 is 40.7 Å². The van der Waals surface area contributed by atoms with Crippen molar-refractivity contribution in [2.24, 2.45) is 0 Å². The average molecular weight is 478 g/mol. The quantitative estimate of drug-likeness (QED) is 0.250. The summed E-state index contributed by atoms with van der Waals surface area (Å²) in [6.07, 6.45) is 1.39. The molecule has 1 fully saturated rings. The Morgan fingerprint density at radius 1 is 1.12 bits per heavy atom. The molecule has 1 aliphatic heterocycles. The second-order valence-electron chi connectivity index (χ2n) is 7.40. The second kappa shape index (κ2) is 10.4. The highest BCUT2D eigenvalue weighted by molar-refractivity contribution is 6.46. The maximum absolute atomic E-state index is 13.1. The number of aliphatic hydroxyl groups excluding tert-OH is 1. The van der Waals surface area contributed by atoms with Crippen LogP contribution in [0.4, 0.5) is 0 Å². The van der Waals surface area contributed by atoms with E-state index in [0.717, 1.165) is 12.0 Å². The lowest BCUT2D eigenvalue weighted by Gasteiger charge is -2.25. The molecule has 0 aliphatic carbocycles. The van der Waals surface area contributed by atoms with Crippen molar-refractivity contribution < 1.29 is 24.2 Å². The molecule has 0 saturated carbocycles. The van der Waals surface area contributed by atoms with Gasteiger partial charge in [0.25, 0.3) is 11.7 Å². The predicted molar refractivity (Wildman–Crippen MR) is 124 cm³/mol. The lowest BCUT2D eigenvalue weighted by molar-refractivity contribution is -0.140. The molecule has 0 spiro atoms. The second-order valence-corrected chi connectivity index (χ2v) is 8.25. The SMILES string of the molecule is CCc1ccc(C2/C(=C(\O)c3cc(Cl)cc(Cl)c3OC)C(=O)C(=O)N2CCCOC)cc1. The summed E-state index contributed by atoms with van der Waals surface area (Å²) in [5.41, 5.74) is 1.95. The molecule has 1 atom stereocenters. The zero-order valence-corrected chi connectivity index (χ0v) is 19.7. The van der Waals surface area contributed by atoms with Gasteiger partial charge in [-0.3, -0.25) is 9.59 Å². The van der Waals surface area contributed by atoms with Crippen LogP contribution in [0.15, 0.2) is 42.0 Å². The van der Waals surface area contributed by atoms with Crippen LogP contribution in [-0.2, 0) is 20.7 Å². The van der Waals surface area contributed by atoms with Gasteiger partial charge in [-0.05, 0) is 36.1 Å². The number of ether oxygens (including phenoxy) is 2. The van der Waals surface area contributed by atoms with E-state index in [9.17, 15) is 14.7 Å². The summed E-state index contributed by atoms with van der Waals surface area (Å²) in [7, 11) is 2.97. The summed E-state index contributed by atoms with van der Waals surface area (Å²) in [4.78, 5) is 27.5. The summed E-state index contributed by atoms with van der Waals surface area (Å²) >= 11 is 12.4. The average Bonchev–Trinajstić information content (AvgIpc) is 3.03. The number of methoxy groups -OCH3 is 2. The van der Waals surface area contributed by atoms with Crippen LogP contribution < -0.4 is 4.74 Å². The monoisotopic (exact) mass is 477 g/mol. The van der Waals surface area contributed by atoms with Crippen LogP contribution >= 0.6 is 23.2 Å². The lowest BCUT2D eigenvalue weighted by atomic mass is 9.94. The standard InChI is InChI=1S/C24H25Cl2NO5/c1-4-14-6-8-15(9-7-14)20-19(22(29)24(30)27(20)10-5-11-31-2)21(28)17-12-16(25)13-18(26)23(17)32-3/h6-9,12-13,20,28H,4-5,10-11H2,1-3H3/b21-19+. The van der Waals surface area contributed by atoms with Crippen molar-refractivity contribution in [3.63, 3.8) is 0 Å². The molecule has 8 heteroatoms. The topological polar surface area (TPSA) is 76.1 Å². The van der Waals surface area contributed by atoms with Crippen LogP contribution in [0.1, 0.15) is 36.1 Å². The van der Waals surface area contributed by atoms with E-state index < -0.39 is 17.7 Å². The number of ketones is 1. The van der Waals surface area contributed by atoms with Gasteiger partial charge in [0, 0.05) is 25.3 Å². The van der Waals surface area contributed by atoms with Gasteiger partial charge in [-0.15, -0.1) is 0 Å². The fourth-order valence-corrected chi connectivity index (χ4v) is 4.43. The van der Waals surface area contributed by atoms with Gasteiger partial charge in [0.15, 0.2) is 0 Å². The van der Waals surface area contributed by atoms with Gasteiger partial charge in [0.2, 0.25) is 0 Å². The maximum Gasteiger partial charge on any atom is 0.295 e. The summed E-state index contributed by atoms with van der Waals surface area (Å²) in [5, 5.41) is 11.7. The van der Waals surface area contributed by atoms with E-state index in [1.807, 2.05) is 31.2 Å². The number of nitrogens with zero attached hydrogens (tertiary/aromatic N) is 1. The van der Waals surface area contributed by atoms with E-state index in [0.29, 0.717) is 25.1 Å². The highest BCUT2D eigenvalue weighted by Crippen LogP contribution is 2.43. The molecule has 1 amide bonds. The van der Waals surface area contributed by atoms with Gasteiger partial charge >= 0.3 is 0 Å². The van der Waals surface area contributed by atoms with Crippen molar-refractivity contribution in [3.8, 4) is 5.75 Å². The number of halogens is 2. The van der Waals surface area contributed by atoms with Crippen molar-refractivity contribution in [2.45, 2.75) is 25.8 Å². The third-order valence-corrected chi connectivity index (χ3v) is 5.96. The van der Waals surface area contributed by atoms with E-state index in [4.69, 9.17) is 32.7 Å². The van der Waals surface area contributed by atoms with Crippen molar-refractivity contribution in [3.05, 3.63) is 68.7 Å². The molecule has 170 valence electrons. The number of likely N-dealkylation sites (tertiary alicyclic amines) is 1. The number of hydrogen-bond donors (Lipinski definition) is 1. The molecular formula is C24H25Cl2NO5. The number of benzene rings is 2. The Kier molecular flexibility index (Phi) is 7.82. The lowest BCUT2D eigenvalue weighted by Crippen LogP contribution is -2.31. The third-order valence-electron chi connectivity index (χ3n) is 5.46. The van der Waals surface area contributed by atoms with E-state index in [1.54, 1.807) is 7.11 Å². The van der Waals surface area contributed by atoms with Gasteiger partial charge in [0.05, 0.1) is 29.3 Å². The molecule has 0 bridgehead atoms. The van der Waals surface area contributed by atoms with E-state index in [2.05, 4.69) is 0 Å². The number of amides is 1. The highest BCUT2D eigenvalue weighted by Gasteiger charge is 2.46. The Morgan fingerprint density at radius 3 is 2.41 bits per heavy atom. The smallest absolute Gasteiger partial charge is 0.295 e. The zero-order chi connectivity index (χ0) is 23.4. The fourth-order valence-electron chi connectivity index (χ4n) is 3.86. The molecule has 1 saturated heterocycles. The first kappa shape index (κ1) is 24.1. The number of aryl methyl sites for hydroxylation is 1. The van der Waals surface area contributed by atoms with E-state index in [1.165, 1.54) is 24.1 Å². The molecule has 1 unspecified atom stereocenters. The Bertz CT molecular complexity index is 1050. The van der Waals surface area contributed by atoms with Crippen LogP contribution in [0.2, 0.25) is 10.0 Å². The molecule has 6 nitrogen and oxygen atoms in total. The predicted octanol–water partition coefficient (Wildman–Crippen LogP) is 5.02. The third kappa shape index (κ3) is 4.63. The first-order valence-corrected chi connectivity index (χ1v) is 11.0. The Hall–Kier alpha value is -2.54. The summed E-state index contributed by atoms with van der Waals surface area (Å²) < 4.78 is 10.4. The Balaban J connectivity index is 2.20. The largest absolute Gasteiger partial charge is 0.507 e. The van der Waals surface area contributed by atoms with E-state index >= 15 is 0 Å². The minimum atomic E-state index is -0.775. The minimum Gasteiger partial charge on any atom is -0.507 e. The molecule has 0 aromatic heterocycles. The first-order chi connectivity index (χ1) is 15.3. The van der Waals surface area contributed by atoms with Gasteiger partial charge in [-0.25, -0.2) is 0 Å². The Morgan fingerprint density at radius 2 is 1.81 bits per heavy atom. The van der Waals surface area contributed by atoms with Crippen molar-refractivity contribution in [1.29, 1.82) is 0 Å². The maximum atomic E-state index is 13.1.